The highest BCUT2D eigenvalue weighted by molar-refractivity contribution is 8.00. The van der Waals surface area contributed by atoms with Crippen LogP contribution in [0.25, 0.3) is 0 Å². The molecular formula is C14H21NS. The molecule has 1 aromatic rings. The molecule has 1 aliphatic rings. The van der Waals surface area contributed by atoms with Gasteiger partial charge < -0.3 is 5.32 Å². The van der Waals surface area contributed by atoms with Gasteiger partial charge in [0.25, 0.3) is 0 Å². The third-order valence-electron chi connectivity index (χ3n) is 3.14. The molecule has 2 rings (SSSR count). The van der Waals surface area contributed by atoms with E-state index >= 15 is 0 Å². The van der Waals surface area contributed by atoms with Crippen molar-refractivity contribution in [1.29, 1.82) is 0 Å². The molecule has 1 saturated carbocycles. The van der Waals surface area contributed by atoms with Gasteiger partial charge in [0.2, 0.25) is 0 Å². The minimum absolute atomic E-state index is 0.642. The lowest BCUT2D eigenvalue weighted by Crippen LogP contribution is -2.32. The average molecular weight is 235 g/mol. The highest BCUT2D eigenvalue weighted by atomic mass is 32.2. The molecule has 0 heterocycles. The van der Waals surface area contributed by atoms with Crippen molar-refractivity contribution in [3.05, 3.63) is 30.3 Å². The number of hydrogen-bond acceptors (Lipinski definition) is 2. The van der Waals surface area contributed by atoms with Crippen molar-refractivity contribution in [2.75, 3.05) is 6.54 Å². The Morgan fingerprint density at radius 3 is 2.56 bits per heavy atom. The minimum Gasteiger partial charge on any atom is -0.313 e. The maximum atomic E-state index is 3.64. The van der Waals surface area contributed by atoms with Crippen molar-refractivity contribution in [3.63, 3.8) is 0 Å². The van der Waals surface area contributed by atoms with E-state index in [1.807, 2.05) is 11.8 Å². The summed E-state index contributed by atoms with van der Waals surface area (Å²) in [5.74, 6) is 0.953. The van der Waals surface area contributed by atoms with E-state index in [1.165, 1.54) is 17.7 Å². The number of benzene rings is 1. The van der Waals surface area contributed by atoms with Crippen molar-refractivity contribution in [2.45, 2.75) is 42.9 Å². The van der Waals surface area contributed by atoms with Crippen LogP contribution in [0.15, 0.2) is 35.2 Å². The first-order valence-corrected chi connectivity index (χ1v) is 7.09. The van der Waals surface area contributed by atoms with E-state index in [-0.39, 0.29) is 0 Å². The second kappa shape index (κ2) is 5.74. The van der Waals surface area contributed by atoms with Crippen LogP contribution in [0.1, 0.15) is 26.7 Å². The first kappa shape index (κ1) is 12.0. The average Bonchev–Trinajstić information content (AvgIpc) is 3.11. The van der Waals surface area contributed by atoms with Crippen LogP contribution < -0.4 is 5.32 Å². The number of hydrogen-bond donors (Lipinski definition) is 1. The van der Waals surface area contributed by atoms with Gasteiger partial charge in [-0.05, 0) is 37.8 Å². The molecule has 88 valence electrons. The minimum atomic E-state index is 0.642. The molecule has 0 saturated heterocycles. The van der Waals surface area contributed by atoms with Crippen LogP contribution >= 0.6 is 11.8 Å². The highest BCUT2D eigenvalue weighted by Gasteiger charge is 2.27. The van der Waals surface area contributed by atoms with Gasteiger partial charge in [0.15, 0.2) is 0 Å². The van der Waals surface area contributed by atoms with Crippen molar-refractivity contribution < 1.29 is 0 Å². The van der Waals surface area contributed by atoms with E-state index in [0.717, 1.165) is 12.5 Å². The van der Waals surface area contributed by atoms with Crippen molar-refractivity contribution in [3.8, 4) is 0 Å². The molecule has 16 heavy (non-hydrogen) atoms. The van der Waals surface area contributed by atoms with E-state index in [2.05, 4.69) is 49.5 Å². The molecule has 0 spiro atoms. The quantitative estimate of drug-likeness (QED) is 0.757. The Labute approximate surface area is 103 Å². The van der Waals surface area contributed by atoms with Crippen molar-refractivity contribution in [2.24, 2.45) is 5.92 Å². The standard InChI is InChI=1S/C14H21NS/c1-11(10-15-12(2)13-8-9-13)16-14-6-4-3-5-7-14/h3-7,11-13,15H,8-10H2,1-2H3. The molecule has 0 aromatic heterocycles. The van der Waals surface area contributed by atoms with Gasteiger partial charge in [-0.15, -0.1) is 11.8 Å². The summed E-state index contributed by atoms with van der Waals surface area (Å²) in [6.45, 7) is 5.72. The molecule has 0 radical (unpaired) electrons. The largest absolute Gasteiger partial charge is 0.313 e. The molecule has 1 N–H and O–H groups in total. The summed E-state index contributed by atoms with van der Waals surface area (Å²) in [5.41, 5.74) is 0. The lowest BCUT2D eigenvalue weighted by Gasteiger charge is -2.17. The highest BCUT2D eigenvalue weighted by Crippen LogP contribution is 2.32. The fourth-order valence-electron chi connectivity index (χ4n) is 1.89. The Hall–Kier alpha value is -0.470. The van der Waals surface area contributed by atoms with Crippen LogP contribution in [0.4, 0.5) is 0 Å². The summed E-state index contributed by atoms with van der Waals surface area (Å²) >= 11 is 1.96. The van der Waals surface area contributed by atoms with Gasteiger partial charge in [-0.25, -0.2) is 0 Å². The topological polar surface area (TPSA) is 12.0 Å². The van der Waals surface area contributed by atoms with Crippen LogP contribution in [0, 0.1) is 5.92 Å². The van der Waals surface area contributed by atoms with E-state index in [0.29, 0.717) is 11.3 Å². The van der Waals surface area contributed by atoms with Gasteiger partial charge >= 0.3 is 0 Å². The summed E-state index contributed by atoms with van der Waals surface area (Å²) in [4.78, 5) is 1.37. The number of nitrogens with one attached hydrogen (secondary N) is 1. The molecule has 0 amide bonds. The Bertz CT molecular complexity index is 308. The van der Waals surface area contributed by atoms with Crippen LogP contribution in [0.2, 0.25) is 0 Å². The second-order valence-electron chi connectivity index (χ2n) is 4.78. The fourth-order valence-corrected chi connectivity index (χ4v) is 2.85. The summed E-state index contributed by atoms with van der Waals surface area (Å²) in [6, 6.07) is 11.4. The summed E-state index contributed by atoms with van der Waals surface area (Å²) in [6.07, 6.45) is 2.85. The first-order chi connectivity index (χ1) is 7.75. The second-order valence-corrected chi connectivity index (χ2v) is 6.29. The molecule has 0 aliphatic heterocycles. The van der Waals surface area contributed by atoms with Crippen LogP contribution in [-0.2, 0) is 0 Å². The zero-order valence-electron chi connectivity index (χ0n) is 10.1. The van der Waals surface area contributed by atoms with E-state index in [1.54, 1.807) is 0 Å². The first-order valence-electron chi connectivity index (χ1n) is 6.21. The van der Waals surface area contributed by atoms with Gasteiger partial charge in [-0.1, -0.05) is 25.1 Å². The molecule has 1 aliphatic carbocycles. The van der Waals surface area contributed by atoms with Gasteiger partial charge in [0.1, 0.15) is 0 Å². The summed E-state index contributed by atoms with van der Waals surface area (Å²) in [7, 11) is 0. The maximum Gasteiger partial charge on any atom is 0.0191 e. The summed E-state index contributed by atoms with van der Waals surface area (Å²) in [5, 5.41) is 4.29. The van der Waals surface area contributed by atoms with Gasteiger partial charge in [0, 0.05) is 22.7 Å². The third-order valence-corrected chi connectivity index (χ3v) is 4.25. The zero-order chi connectivity index (χ0) is 11.4. The van der Waals surface area contributed by atoms with Gasteiger partial charge in [0.05, 0.1) is 0 Å². The molecule has 1 aromatic carbocycles. The number of thioether (sulfide) groups is 1. The Morgan fingerprint density at radius 2 is 1.94 bits per heavy atom. The van der Waals surface area contributed by atoms with Gasteiger partial charge in [-0.3, -0.25) is 0 Å². The molecule has 1 nitrogen and oxygen atoms in total. The predicted molar refractivity (Wildman–Crippen MR) is 71.9 cm³/mol. The Morgan fingerprint density at radius 1 is 1.25 bits per heavy atom. The Balaban J connectivity index is 1.69. The van der Waals surface area contributed by atoms with Crippen molar-refractivity contribution >= 4 is 11.8 Å². The number of rotatable bonds is 6. The normalized spacial score (nSPS) is 19.4. The molecular weight excluding hydrogens is 214 g/mol. The smallest absolute Gasteiger partial charge is 0.0191 e. The van der Waals surface area contributed by atoms with Crippen LogP contribution in [0.3, 0.4) is 0 Å². The predicted octanol–water partition coefficient (Wildman–Crippen LogP) is 3.56. The van der Waals surface area contributed by atoms with E-state index in [4.69, 9.17) is 0 Å². The lowest BCUT2D eigenvalue weighted by atomic mass is 10.2. The zero-order valence-corrected chi connectivity index (χ0v) is 11.0. The third kappa shape index (κ3) is 3.84. The molecule has 2 heteroatoms. The molecule has 0 bridgehead atoms. The molecule has 2 atom stereocenters. The van der Waals surface area contributed by atoms with Crippen molar-refractivity contribution in [1.82, 2.24) is 5.32 Å². The molecule has 1 fully saturated rings. The Kier molecular flexibility index (Phi) is 4.30. The monoisotopic (exact) mass is 235 g/mol. The maximum absolute atomic E-state index is 3.64. The lowest BCUT2D eigenvalue weighted by molar-refractivity contribution is 0.500. The summed E-state index contributed by atoms with van der Waals surface area (Å²) < 4.78 is 0. The van der Waals surface area contributed by atoms with Gasteiger partial charge in [-0.2, -0.15) is 0 Å². The van der Waals surface area contributed by atoms with Crippen LogP contribution in [0.5, 0.6) is 0 Å². The van der Waals surface area contributed by atoms with E-state index < -0.39 is 0 Å². The SMILES string of the molecule is CC(CNC(C)C1CC1)Sc1ccccc1. The fraction of sp³-hybridized carbons (Fsp3) is 0.571. The molecule has 2 unspecified atom stereocenters. The van der Waals surface area contributed by atoms with E-state index in [9.17, 15) is 0 Å². The van der Waals surface area contributed by atoms with Crippen LogP contribution in [-0.4, -0.2) is 17.8 Å².